The molecule has 5 heteroatoms. The topological polar surface area (TPSA) is 54.5 Å². The Balaban J connectivity index is 2.13. The molecular weight excluding hydrogens is 286 g/mol. The van der Waals surface area contributed by atoms with E-state index < -0.39 is 9.84 Å². The van der Waals surface area contributed by atoms with Gasteiger partial charge in [-0.3, -0.25) is 4.79 Å². The number of hydrogen-bond donors (Lipinski definition) is 0. The smallest absolute Gasteiger partial charge is 0.159 e. The summed E-state index contributed by atoms with van der Waals surface area (Å²) in [7, 11) is -2.95. The summed E-state index contributed by atoms with van der Waals surface area (Å²) in [5.41, 5.74) is 2.97. The summed E-state index contributed by atoms with van der Waals surface area (Å²) in [6.45, 7) is 4.87. The predicted molar refractivity (Wildman–Crippen MR) is 85.9 cm³/mol. The van der Waals surface area contributed by atoms with Crippen molar-refractivity contribution in [2.24, 2.45) is 0 Å². The molecule has 0 saturated carbocycles. The lowest BCUT2D eigenvalue weighted by molar-refractivity contribution is 0.101. The molecular formula is C16H23NO3S. The number of fused-ring (bicyclic) bond motifs is 1. The van der Waals surface area contributed by atoms with E-state index >= 15 is 0 Å². The largest absolute Gasteiger partial charge is 0.370 e. The Morgan fingerprint density at radius 2 is 2.05 bits per heavy atom. The van der Waals surface area contributed by atoms with Crippen LogP contribution in [0.4, 0.5) is 5.69 Å². The number of aryl methyl sites for hydroxylation is 1. The van der Waals surface area contributed by atoms with Crippen LogP contribution in [0.3, 0.4) is 0 Å². The molecule has 1 heterocycles. The van der Waals surface area contributed by atoms with E-state index in [-0.39, 0.29) is 17.3 Å². The molecule has 0 fully saturated rings. The molecule has 0 bridgehead atoms. The molecule has 0 atom stereocenters. The van der Waals surface area contributed by atoms with Crippen molar-refractivity contribution in [3.05, 3.63) is 29.3 Å². The van der Waals surface area contributed by atoms with Crippen LogP contribution in [0.5, 0.6) is 0 Å². The number of nitrogens with zero attached hydrogens (tertiary/aromatic N) is 1. The average Bonchev–Trinajstić information content (AvgIpc) is 2.44. The van der Waals surface area contributed by atoms with Crippen LogP contribution >= 0.6 is 0 Å². The van der Waals surface area contributed by atoms with Crippen molar-refractivity contribution in [1.82, 2.24) is 0 Å². The van der Waals surface area contributed by atoms with Gasteiger partial charge >= 0.3 is 0 Å². The van der Waals surface area contributed by atoms with Gasteiger partial charge in [-0.05, 0) is 49.9 Å². The molecule has 1 aromatic carbocycles. The van der Waals surface area contributed by atoms with Crippen molar-refractivity contribution in [3.63, 3.8) is 0 Å². The molecule has 0 aromatic heterocycles. The molecule has 1 aliphatic rings. The van der Waals surface area contributed by atoms with E-state index in [1.165, 1.54) is 0 Å². The highest BCUT2D eigenvalue weighted by Crippen LogP contribution is 2.28. The van der Waals surface area contributed by atoms with Gasteiger partial charge in [0.15, 0.2) is 15.6 Å². The van der Waals surface area contributed by atoms with Crippen molar-refractivity contribution >= 4 is 21.3 Å². The first-order valence-corrected chi connectivity index (χ1v) is 9.34. The van der Waals surface area contributed by atoms with Gasteiger partial charge in [0, 0.05) is 30.1 Å². The van der Waals surface area contributed by atoms with E-state index in [0.29, 0.717) is 13.0 Å². The zero-order valence-corrected chi connectivity index (χ0v) is 13.6. The summed E-state index contributed by atoms with van der Waals surface area (Å²) in [4.78, 5) is 13.6. The standard InChI is InChI=1S/C16H23NO3S/c1-3-10-21(19,20)11-9-17-8-4-5-15-12-14(13(2)18)6-7-16(15)17/h6-7,12H,3-5,8-11H2,1-2H3. The lowest BCUT2D eigenvalue weighted by Gasteiger charge is -2.31. The van der Waals surface area contributed by atoms with Crippen LogP contribution in [0.2, 0.25) is 0 Å². The van der Waals surface area contributed by atoms with E-state index in [1.54, 1.807) is 6.92 Å². The first kappa shape index (κ1) is 16.0. The fraction of sp³-hybridized carbons (Fsp3) is 0.562. The van der Waals surface area contributed by atoms with Gasteiger partial charge in [0.05, 0.1) is 5.75 Å². The minimum atomic E-state index is -2.95. The lowest BCUT2D eigenvalue weighted by atomic mass is 9.98. The third-order valence-corrected chi connectivity index (χ3v) is 5.72. The fourth-order valence-corrected chi connectivity index (χ4v) is 4.11. The molecule has 1 aromatic rings. The van der Waals surface area contributed by atoms with E-state index in [2.05, 4.69) is 4.90 Å². The second kappa shape index (κ2) is 6.60. The van der Waals surface area contributed by atoms with Crippen LogP contribution in [0, 0.1) is 0 Å². The second-order valence-corrected chi connectivity index (χ2v) is 7.95. The van der Waals surface area contributed by atoms with Crippen molar-refractivity contribution in [2.45, 2.75) is 33.1 Å². The molecule has 0 amide bonds. The van der Waals surface area contributed by atoms with E-state index in [9.17, 15) is 13.2 Å². The van der Waals surface area contributed by atoms with Gasteiger partial charge < -0.3 is 4.90 Å². The first-order chi connectivity index (χ1) is 9.93. The Labute approximate surface area is 127 Å². The highest BCUT2D eigenvalue weighted by molar-refractivity contribution is 7.91. The lowest BCUT2D eigenvalue weighted by Crippen LogP contribution is -2.34. The normalized spacial score (nSPS) is 14.9. The third kappa shape index (κ3) is 4.06. The quantitative estimate of drug-likeness (QED) is 0.758. The number of hydrogen-bond acceptors (Lipinski definition) is 4. The van der Waals surface area contributed by atoms with E-state index in [4.69, 9.17) is 0 Å². The Morgan fingerprint density at radius 1 is 1.29 bits per heavy atom. The van der Waals surface area contributed by atoms with Crippen LogP contribution in [-0.4, -0.2) is 38.8 Å². The van der Waals surface area contributed by atoms with E-state index in [0.717, 1.165) is 36.2 Å². The monoisotopic (exact) mass is 309 g/mol. The Kier molecular flexibility index (Phi) is 5.04. The zero-order valence-electron chi connectivity index (χ0n) is 12.8. The van der Waals surface area contributed by atoms with Crippen molar-refractivity contribution in [3.8, 4) is 0 Å². The molecule has 2 rings (SSSR count). The average molecular weight is 309 g/mol. The van der Waals surface area contributed by atoms with E-state index in [1.807, 2.05) is 25.1 Å². The minimum Gasteiger partial charge on any atom is -0.370 e. The van der Waals surface area contributed by atoms with Gasteiger partial charge in [-0.25, -0.2) is 8.42 Å². The van der Waals surface area contributed by atoms with Gasteiger partial charge in [-0.2, -0.15) is 0 Å². The highest BCUT2D eigenvalue weighted by atomic mass is 32.2. The first-order valence-electron chi connectivity index (χ1n) is 7.52. The number of benzene rings is 1. The van der Waals surface area contributed by atoms with Crippen LogP contribution in [0.25, 0.3) is 0 Å². The fourth-order valence-electron chi connectivity index (χ4n) is 2.79. The zero-order chi connectivity index (χ0) is 15.5. The van der Waals surface area contributed by atoms with Crippen LogP contribution in [-0.2, 0) is 16.3 Å². The Hall–Kier alpha value is -1.36. The summed E-state index contributed by atoms with van der Waals surface area (Å²) in [6, 6.07) is 5.74. The van der Waals surface area contributed by atoms with Crippen LogP contribution < -0.4 is 4.90 Å². The highest BCUT2D eigenvalue weighted by Gasteiger charge is 2.20. The molecule has 0 unspecified atom stereocenters. The van der Waals surface area contributed by atoms with Crippen molar-refractivity contribution < 1.29 is 13.2 Å². The number of ketones is 1. The summed E-state index contributed by atoms with van der Waals surface area (Å²) >= 11 is 0. The number of carbonyl (C=O) groups excluding carboxylic acids is 1. The molecule has 4 nitrogen and oxygen atoms in total. The molecule has 0 N–H and O–H groups in total. The number of rotatable bonds is 6. The maximum atomic E-state index is 11.9. The Morgan fingerprint density at radius 3 is 2.71 bits per heavy atom. The molecule has 116 valence electrons. The molecule has 0 radical (unpaired) electrons. The van der Waals surface area contributed by atoms with Gasteiger partial charge in [0.2, 0.25) is 0 Å². The number of carbonyl (C=O) groups is 1. The van der Waals surface area contributed by atoms with Crippen LogP contribution in [0.15, 0.2) is 18.2 Å². The molecule has 0 aliphatic carbocycles. The van der Waals surface area contributed by atoms with Gasteiger partial charge in [0.25, 0.3) is 0 Å². The summed E-state index contributed by atoms with van der Waals surface area (Å²) in [5.74, 6) is 0.534. The maximum Gasteiger partial charge on any atom is 0.159 e. The van der Waals surface area contributed by atoms with Crippen molar-refractivity contribution in [1.29, 1.82) is 0 Å². The SMILES string of the molecule is CCCS(=O)(=O)CCN1CCCc2cc(C(C)=O)ccc21. The number of anilines is 1. The third-order valence-electron chi connectivity index (χ3n) is 3.89. The van der Waals surface area contributed by atoms with Crippen LogP contribution in [0.1, 0.15) is 42.6 Å². The van der Waals surface area contributed by atoms with Gasteiger partial charge in [-0.15, -0.1) is 0 Å². The molecule has 21 heavy (non-hydrogen) atoms. The number of sulfone groups is 1. The summed E-state index contributed by atoms with van der Waals surface area (Å²) in [6.07, 6.45) is 2.62. The van der Waals surface area contributed by atoms with Gasteiger partial charge in [-0.1, -0.05) is 6.92 Å². The maximum absolute atomic E-state index is 11.9. The molecule has 0 saturated heterocycles. The second-order valence-electron chi connectivity index (χ2n) is 5.64. The minimum absolute atomic E-state index is 0.0699. The predicted octanol–water partition coefficient (Wildman–Crippen LogP) is 2.47. The molecule has 0 spiro atoms. The summed E-state index contributed by atoms with van der Waals surface area (Å²) in [5, 5.41) is 0. The summed E-state index contributed by atoms with van der Waals surface area (Å²) < 4.78 is 23.7. The number of Topliss-reactive ketones (excluding diaryl/α,β-unsaturated/α-hetero) is 1. The Bertz CT molecular complexity index is 622. The van der Waals surface area contributed by atoms with Crippen molar-refractivity contribution in [2.75, 3.05) is 29.5 Å². The van der Waals surface area contributed by atoms with Gasteiger partial charge in [0.1, 0.15) is 0 Å². The molecule has 1 aliphatic heterocycles.